The van der Waals surface area contributed by atoms with Gasteiger partial charge in [-0.05, 0) is 57.2 Å². The molecule has 1 unspecified atom stereocenters. The summed E-state index contributed by atoms with van der Waals surface area (Å²) in [4.78, 5) is 55.6. The third-order valence-electron chi connectivity index (χ3n) is 5.95. The summed E-state index contributed by atoms with van der Waals surface area (Å²) in [5, 5.41) is 5.80. The Balaban J connectivity index is 1.53. The van der Waals surface area contributed by atoms with E-state index < -0.39 is 23.9 Å². The highest BCUT2D eigenvalue weighted by molar-refractivity contribution is 5.96. The number of nitrogen functional groups attached to an aromatic ring is 1. The number of aryl methyl sites for hydroxylation is 1. The van der Waals surface area contributed by atoms with Crippen LogP contribution in [0.2, 0.25) is 0 Å². The molecule has 3 rings (SSSR count). The van der Waals surface area contributed by atoms with Crippen molar-refractivity contribution in [2.75, 3.05) is 30.8 Å². The van der Waals surface area contributed by atoms with Crippen LogP contribution in [0.25, 0.3) is 0 Å². The summed E-state index contributed by atoms with van der Waals surface area (Å²) in [5.74, 6) is -0.734. The highest BCUT2D eigenvalue weighted by Crippen LogP contribution is 2.30. The lowest BCUT2D eigenvalue weighted by Gasteiger charge is -2.17. The summed E-state index contributed by atoms with van der Waals surface area (Å²) < 4.78 is 9.93. The van der Waals surface area contributed by atoms with E-state index in [1.807, 2.05) is 12.1 Å². The van der Waals surface area contributed by atoms with Crippen molar-refractivity contribution in [1.82, 2.24) is 15.3 Å². The molecule has 0 spiro atoms. The number of fused-ring (bicyclic) bond motifs is 1. The predicted octanol–water partition coefficient (Wildman–Crippen LogP) is 1.89. The molecule has 36 heavy (non-hydrogen) atoms. The number of hydrogen-bond donors (Lipinski definition) is 4. The second kappa shape index (κ2) is 12.7. The van der Waals surface area contributed by atoms with E-state index in [-0.39, 0.29) is 43.5 Å². The Hall–Kier alpha value is -3.89. The first-order valence-corrected chi connectivity index (χ1v) is 12.2. The molecular weight excluding hydrogens is 466 g/mol. The van der Waals surface area contributed by atoms with Gasteiger partial charge >= 0.3 is 11.9 Å². The molecule has 0 saturated heterocycles. The molecule has 1 aliphatic heterocycles. The van der Waals surface area contributed by atoms with Crippen molar-refractivity contribution in [3.8, 4) is 0 Å². The van der Waals surface area contributed by atoms with E-state index in [2.05, 4.69) is 20.6 Å². The second-order valence-corrected chi connectivity index (χ2v) is 8.50. The van der Waals surface area contributed by atoms with Crippen molar-refractivity contribution in [2.45, 2.75) is 57.9 Å². The van der Waals surface area contributed by atoms with Crippen LogP contribution >= 0.6 is 0 Å². The summed E-state index contributed by atoms with van der Waals surface area (Å²) >= 11 is 0. The molecule has 1 amide bonds. The molecule has 2 aromatic rings. The zero-order chi connectivity index (χ0) is 26.1. The molecule has 1 aliphatic rings. The number of H-pyrrole nitrogens is 1. The van der Waals surface area contributed by atoms with E-state index in [9.17, 15) is 19.2 Å². The number of anilines is 2. The molecule has 1 aromatic heterocycles. The number of carbonyl (C=O) groups is 3. The Morgan fingerprint density at radius 2 is 1.89 bits per heavy atom. The van der Waals surface area contributed by atoms with Crippen LogP contribution in [0.1, 0.15) is 66.9 Å². The van der Waals surface area contributed by atoms with Crippen LogP contribution in [0, 0.1) is 0 Å². The fourth-order valence-electron chi connectivity index (χ4n) is 4.19. The van der Waals surface area contributed by atoms with Gasteiger partial charge in [0.05, 0.1) is 18.8 Å². The van der Waals surface area contributed by atoms with Gasteiger partial charge in [0.1, 0.15) is 11.9 Å². The molecule has 0 bridgehead atoms. The van der Waals surface area contributed by atoms with Gasteiger partial charge in [0, 0.05) is 24.4 Å². The molecule has 11 nitrogen and oxygen atoms in total. The highest BCUT2D eigenvalue weighted by atomic mass is 16.5. The zero-order valence-corrected chi connectivity index (χ0v) is 20.6. The molecule has 1 aromatic carbocycles. The van der Waals surface area contributed by atoms with Gasteiger partial charge in [-0.1, -0.05) is 12.1 Å². The third-order valence-corrected chi connectivity index (χ3v) is 5.95. The first-order valence-electron chi connectivity index (χ1n) is 12.2. The summed E-state index contributed by atoms with van der Waals surface area (Å²) in [6, 6.07) is 6.17. The normalized spacial score (nSPS) is 14.9. The average Bonchev–Trinajstić information content (AvgIpc) is 3.25. The van der Waals surface area contributed by atoms with Crippen LogP contribution in [0.5, 0.6) is 0 Å². The Bertz CT molecular complexity index is 1130. The van der Waals surface area contributed by atoms with Gasteiger partial charge in [-0.15, -0.1) is 0 Å². The molecule has 0 aliphatic carbocycles. The van der Waals surface area contributed by atoms with Crippen LogP contribution in [0.15, 0.2) is 29.1 Å². The standard InChI is InChI=1S/C25H33N5O6/c1-3-35-19(31)13-12-18(24(34)36-4-2)28-22(32)16-10-8-15(9-11-16)6-5-7-17-14-27-21-20(17)23(33)30-25(26)29-21/h8-11,17-18H,3-7,12-14H2,1-2H3,(H,28,32)(H4,26,27,29,30,33)/t17?,18-/m1/s1. The molecule has 0 fully saturated rings. The first kappa shape index (κ1) is 26.7. The van der Waals surface area contributed by atoms with E-state index in [0.717, 1.165) is 24.8 Å². The molecule has 0 radical (unpaired) electrons. The highest BCUT2D eigenvalue weighted by Gasteiger charge is 2.27. The van der Waals surface area contributed by atoms with E-state index in [0.29, 0.717) is 23.5 Å². The number of aromatic nitrogens is 2. The fourth-order valence-corrected chi connectivity index (χ4v) is 4.19. The van der Waals surface area contributed by atoms with Gasteiger partial charge in [-0.25, -0.2) is 4.79 Å². The lowest BCUT2D eigenvalue weighted by atomic mass is 9.95. The minimum Gasteiger partial charge on any atom is -0.466 e. The topological polar surface area (TPSA) is 165 Å². The van der Waals surface area contributed by atoms with Crippen molar-refractivity contribution < 1.29 is 23.9 Å². The molecular formula is C25H33N5O6. The van der Waals surface area contributed by atoms with Crippen LogP contribution in [0.4, 0.5) is 11.8 Å². The lowest BCUT2D eigenvalue weighted by molar-refractivity contribution is -0.146. The lowest BCUT2D eigenvalue weighted by Crippen LogP contribution is -2.42. The van der Waals surface area contributed by atoms with Gasteiger partial charge in [0.2, 0.25) is 5.95 Å². The summed E-state index contributed by atoms with van der Waals surface area (Å²) in [5.41, 5.74) is 7.49. The van der Waals surface area contributed by atoms with Crippen LogP contribution in [-0.2, 0) is 25.5 Å². The number of nitrogens with one attached hydrogen (secondary N) is 3. The number of hydrogen-bond acceptors (Lipinski definition) is 9. The monoisotopic (exact) mass is 499 g/mol. The predicted molar refractivity (Wildman–Crippen MR) is 134 cm³/mol. The average molecular weight is 500 g/mol. The Morgan fingerprint density at radius 1 is 1.17 bits per heavy atom. The van der Waals surface area contributed by atoms with Gasteiger partial charge in [0.15, 0.2) is 0 Å². The Labute approximate surface area is 209 Å². The molecule has 5 N–H and O–H groups in total. The quantitative estimate of drug-likeness (QED) is 0.319. The minimum absolute atomic E-state index is 0.00710. The van der Waals surface area contributed by atoms with Crippen molar-refractivity contribution in [2.24, 2.45) is 0 Å². The van der Waals surface area contributed by atoms with E-state index in [4.69, 9.17) is 15.2 Å². The minimum atomic E-state index is -0.947. The van der Waals surface area contributed by atoms with Crippen molar-refractivity contribution in [3.05, 3.63) is 51.3 Å². The maximum atomic E-state index is 12.7. The van der Waals surface area contributed by atoms with Crippen molar-refractivity contribution in [3.63, 3.8) is 0 Å². The van der Waals surface area contributed by atoms with Crippen LogP contribution in [-0.4, -0.2) is 53.6 Å². The summed E-state index contributed by atoms with van der Waals surface area (Å²) in [6.45, 7) is 4.43. The number of nitrogens with zero attached hydrogens (tertiary/aromatic N) is 1. The van der Waals surface area contributed by atoms with Gasteiger partial charge < -0.3 is 25.8 Å². The van der Waals surface area contributed by atoms with E-state index in [1.165, 1.54) is 0 Å². The van der Waals surface area contributed by atoms with Gasteiger partial charge in [-0.3, -0.25) is 19.4 Å². The van der Waals surface area contributed by atoms with Crippen LogP contribution < -0.4 is 21.9 Å². The molecule has 11 heteroatoms. The first-order chi connectivity index (χ1) is 17.3. The van der Waals surface area contributed by atoms with E-state index >= 15 is 0 Å². The Kier molecular flexibility index (Phi) is 9.43. The molecule has 2 atom stereocenters. The van der Waals surface area contributed by atoms with Gasteiger partial charge in [0.25, 0.3) is 11.5 Å². The number of ether oxygens (including phenoxy) is 2. The van der Waals surface area contributed by atoms with E-state index in [1.54, 1.807) is 26.0 Å². The molecule has 2 heterocycles. The maximum Gasteiger partial charge on any atom is 0.328 e. The Morgan fingerprint density at radius 3 is 2.58 bits per heavy atom. The summed E-state index contributed by atoms with van der Waals surface area (Å²) in [7, 11) is 0. The largest absolute Gasteiger partial charge is 0.466 e. The number of amides is 1. The maximum absolute atomic E-state index is 12.7. The van der Waals surface area contributed by atoms with Gasteiger partial charge in [-0.2, -0.15) is 4.98 Å². The summed E-state index contributed by atoms with van der Waals surface area (Å²) in [6.07, 6.45) is 2.51. The third kappa shape index (κ3) is 7.06. The smallest absolute Gasteiger partial charge is 0.328 e. The number of esters is 2. The SMILES string of the molecule is CCOC(=O)CC[C@@H](NC(=O)c1ccc(CCCC2CNc3nc(N)[nH]c(=O)c32)cc1)C(=O)OCC. The number of rotatable bonds is 12. The number of nitrogens with two attached hydrogens (primary N) is 1. The van der Waals surface area contributed by atoms with Crippen molar-refractivity contribution >= 4 is 29.6 Å². The van der Waals surface area contributed by atoms with Crippen LogP contribution in [0.3, 0.4) is 0 Å². The number of aromatic amines is 1. The van der Waals surface area contributed by atoms with Crippen molar-refractivity contribution in [1.29, 1.82) is 0 Å². The zero-order valence-electron chi connectivity index (χ0n) is 20.6. The number of carbonyl (C=O) groups excluding carboxylic acids is 3. The number of benzene rings is 1. The molecule has 0 saturated carbocycles. The molecule has 194 valence electrons. The second-order valence-electron chi connectivity index (χ2n) is 8.50. The fraction of sp³-hybridized carbons (Fsp3) is 0.480.